The predicted octanol–water partition coefficient (Wildman–Crippen LogP) is 3.78. The minimum Gasteiger partial charge on any atom is -0.324 e. The second-order valence-corrected chi connectivity index (χ2v) is 7.71. The van der Waals surface area contributed by atoms with Gasteiger partial charge in [0.1, 0.15) is 0 Å². The van der Waals surface area contributed by atoms with Crippen LogP contribution in [0.15, 0.2) is 91.1 Å². The normalized spacial score (nSPS) is 20.8. The first-order valence-electron chi connectivity index (χ1n) is 9.67. The third kappa shape index (κ3) is 3.23. The Morgan fingerprint density at radius 3 is 2.32 bits per heavy atom. The highest BCUT2D eigenvalue weighted by molar-refractivity contribution is 5.56. The van der Waals surface area contributed by atoms with E-state index in [9.17, 15) is 0 Å². The van der Waals surface area contributed by atoms with Gasteiger partial charge in [0.2, 0.25) is 5.69 Å². The topological polar surface area (TPSA) is 58.6 Å². The Bertz CT molecular complexity index is 1070. The fourth-order valence-electron chi connectivity index (χ4n) is 3.98. The molecule has 0 aliphatic heterocycles. The quantitative estimate of drug-likeness (QED) is 0.528. The number of aromatic amines is 1. The zero-order valence-corrected chi connectivity index (χ0v) is 15.6. The summed E-state index contributed by atoms with van der Waals surface area (Å²) in [6.07, 6.45) is 3.98. The fourth-order valence-corrected chi connectivity index (χ4v) is 3.98. The molecule has 1 aliphatic carbocycles. The average Bonchev–Trinajstić information content (AvgIpc) is 3.17. The second-order valence-electron chi connectivity index (χ2n) is 7.71. The van der Waals surface area contributed by atoms with E-state index in [2.05, 4.69) is 71.0 Å². The lowest BCUT2D eigenvalue weighted by atomic mass is 9.99. The number of H-pyrrole nitrogens is 1. The Kier molecular flexibility index (Phi) is 4.06. The molecule has 0 radical (unpaired) electrons. The lowest BCUT2D eigenvalue weighted by Gasteiger charge is -2.12. The van der Waals surface area contributed by atoms with Crippen LogP contribution in [0.4, 0.5) is 0 Å². The van der Waals surface area contributed by atoms with Gasteiger partial charge in [-0.25, -0.2) is 0 Å². The summed E-state index contributed by atoms with van der Waals surface area (Å²) in [6, 6.07) is 29.3. The zero-order chi connectivity index (χ0) is 19.0. The third-order valence-electron chi connectivity index (χ3n) is 5.67. The highest BCUT2D eigenvalue weighted by atomic mass is 15.4. The summed E-state index contributed by atoms with van der Waals surface area (Å²) >= 11 is 0. The molecule has 1 aromatic heterocycles. The first-order valence-corrected chi connectivity index (χ1v) is 9.67. The molecule has 1 aliphatic rings. The van der Waals surface area contributed by atoms with Crippen molar-refractivity contribution in [2.75, 3.05) is 0 Å². The zero-order valence-electron chi connectivity index (χ0n) is 15.6. The van der Waals surface area contributed by atoms with Crippen molar-refractivity contribution in [2.24, 2.45) is 5.73 Å². The largest absolute Gasteiger partial charge is 0.324 e. The smallest absolute Gasteiger partial charge is 0.249 e. The molecule has 2 atom stereocenters. The van der Waals surface area contributed by atoms with Crippen molar-refractivity contribution in [2.45, 2.75) is 24.3 Å². The third-order valence-corrected chi connectivity index (χ3v) is 5.67. The Balaban J connectivity index is 1.31. The van der Waals surface area contributed by atoms with Gasteiger partial charge in [-0.15, -0.1) is 4.68 Å². The van der Waals surface area contributed by atoms with Gasteiger partial charge in [0.25, 0.3) is 0 Å². The van der Waals surface area contributed by atoms with Crippen molar-refractivity contribution in [1.29, 1.82) is 0 Å². The van der Waals surface area contributed by atoms with Gasteiger partial charge in [-0.1, -0.05) is 78.0 Å². The van der Waals surface area contributed by atoms with Crippen LogP contribution in [-0.4, -0.2) is 15.9 Å². The summed E-state index contributed by atoms with van der Waals surface area (Å²) in [4.78, 5) is 0. The van der Waals surface area contributed by atoms with Crippen molar-refractivity contribution in [3.8, 4) is 16.9 Å². The molecule has 1 heterocycles. The molecule has 4 aromatic rings. The summed E-state index contributed by atoms with van der Waals surface area (Å²) < 4.78 is 1.94. The van der Waals surface area contributed by atoms with E-state index in [0.717, 1.165) is 29.8 Å². The van der Waals surface area contributed by atoms with Gasteiger partial charge in [0, 0.05) is 22.1 Å². The number of nitrogens with zero attached hydrogens (tertiary/aromatic N) is 2. The van der Waals surface area contributed by atoms with E-state index in [1.165, 1.54) is 11.1 Å². The van der Waals surface area contributed by atoms with Crippen LogP contribution in [-0.2, 0) is 6.42 Å². The second kappa shape index (κ2) is 6.73. The number of rotatable bonds is 5. The van der Waals surface area contributed by atoms with Gasteiger partial charge in [-0.05, 0) is 36.1 Å². The van der Waals surface area contributed by atoms with Crippen LogP contribution >= 0.6 is 0 Å². The first kappa shape index (κ1) is 16.9. The van der Waals surface area contributed by atoms with Crippen molar-refractivity contribution in [1.82, 2.24) is 10.3 Å². The maximum atomic E-state index is 6.65. The summed E-state index contributed by atoms with van der Waals surface area (Å²) in [7, 11) is 0. The van der Waals surface area contributed by atoms with E-state index in [4.69, 9.17) is 5.73 Å². The molecule has 3 aromatic carbocycles. The molecule has 5 rings (SSSR count). The van der Waals surface area contributed by atoms with Gasteiger partial charge in [-0.2, -0.15) is 0 Å². The highest BCUT2D eigenvalue weighted by Gasteiger charge is 2.51. The van der Waals surface area contributed by atoms with Crippen molar-refractivity contribution in [3.63, 3.8) is 0 Å². The molecule has 0 amide bonds. The Hall–Kier alpha value is -3.24. The lowest BCUT2D eigenvalue weighted by molar-refractivity contribution is -0.659. The van der Waals surface area contributed by atoms with Crippen LogP contribution in [0.2, 0.25) is 0 Å². The number of hydrogen-bond donors (Lipinski definition) is 2. The molecule has 4 nitrogen and oxygen atoms in total. The van der Waals surface area contributed by atoms with Gasteiger partial charge < -0.3 is 5.73 Å². The van der Waals surface area contributed by atoms with Crippen molar-refractivity contribution >= 4 is 0 Å². The van der Waals surface area contributed by atoms with Gasteiger partial charge >= 0.3 is 0 Å². The molecule has 0 spiro atoms. The molecule has 1 fully saturated rings. The molecule has 138 valence electrons. The van der Waals surface area contributed by atoms with Crippen LogP contribution in [0.3, 0.4) is 0 Å². The highest BCUT2D eigenvalue weighted by Crippen LogP contribution is 2.51. The number of nitrogens with two attached hydrogens (primary N) is 1. The van der Waals surface area contributed by atoms with Gasteiger partial charge in [0.15, 0.2) is 11.9 Å². The van der Waals surface area contributed by atoms with Crippen LogP contribution < -0.4 is 10.4 Å². The maximum absolute atomic E-state index is 6.65. The minimum absolute atomic E-state index is 0.121. The van der Waals surface area contributed by atoms with Crippen LogP contribution in [0.25, 0.3) is 16.9 Å². The summed E-state index contributed by atoms with van der Waals surface area (Å²) in [5.41, 5.74) is 12.2. The predicted molar refractivity (Wildman–Crippen MR) is 110 cm³/mol. The van der Waals surface area contributed by atoms with Crippen LogP contribution in [0.5, 0.6) is 0 Å². The molecule has 28 heavy (non-hydrogen) atoms. The maximum Gasteiger partial charge on any atom is 0.249 e. The molecular weight excluding hydrogens is 344 g/mol. The number of benzene rings is 3. The average molecular weight is 367 g/mol. The molecule has 0 bridgehead atoms. The van der Waals surface area contributed by atoms with E-state index in [1.807, 2.05) is 35.1 Å². The SMILES string of the molecule is N[C@]1(Cc2ccccc2)C[C@H]1c1ccc(-[n+]2cc(-c3ccccc3)n[nH]2)cc1. The van der Waals surface area contributed by atoms with Gasteiger partial charge in [-0.3, -0.25) is 0 Å². The standard InChI is InChI=1S/C24H22N4/c25-24(15-18-7-3-1-4-8-18)16-22(24)19-11-13-21(14-12-19)28-17-23(26-27-28)20-9-5-2-6-10-20/h1-14,17,22H,15-16,25H2/p+1/t22-,24+/m0/s1. The Morgan fingerprint density at radius 2 is 1.61 bits per heavy atom. The van der Waals surface area contributed by atoms with E-state index >= 15 is 0 Å². The molecule has 0 unspecified atom stereocenters. The first-order chi connectivity index (χ1) is 13.7. The molecule has 3 N–H and O–H groups in total. The molecular formula is C24H23N4+. The summed E-state index contributed by atoms with van der Waals surface area (Å²) in [5, 5.41) is 7.50. The van der Waals surface area contributed by atoms with E-state index < -0.39 is 0 Å². The Morgan fingerprint density at radius 1 is 0.929 bits per heavy atom. The summed E-state index contributed by atoms with van der Waals surface area (Å²) in [6.45, 7) is 0. The summed E-state index contributed by atoms with van der Waals surface area (Å²) in [5.74, 6) is 0.424. The fraction of sp³-hybridized carbons (Fsp3) is 0.167. The monoisotopic (exact) mass is 367 g/mol. The van der Waals surface area contributed by atoms with Crippen molar-refractivity contribution < 1.29 is 4.68 Å². The Labute approximate surface area is 164 Å². The molecule has 4 heteroatoms. The lowest BCUT2D eigenvalue weighted by Crippen LogP contribution is -2.31. The van der Waals surface area contributed by atoms with Crippen LogP contribution in [0.1, 0.15) is 23.5 Å². The van der Waals surface area contributed by atoms with Crippen LogP contribution in [0, 0.1) is 0 Å². The minimum atomic E-state index is -0.121. The number of aromatic nitrogens is 3. The van der Waals surface area contributed by atoms with E-state index in [0.29, 0.717) is 5.92 Å². The molecule has 0 saturated heterocycles. The number of nitrogens with one attached hydrogen (secondary N) is 1. The van der Waals surface area contributed by atoms with Crippen molar-refractivity contribution in [3.05, 3.63) is 102 Å². The van der Waals surface area contributed by atoms with E-state index in [-0.39, 0.29) is 5.54 Å². The van der Waals surface area contributed by atoms with Gasteiger partial charge in [0.05, 0.1) is 0 Å². The number of hydrogen-bond acceptors (Lipinski definition) is 2. The molecule has 1 saturated carbocycles. The van der Waals surface area contributed by atoms with E-state index in [1.54, 1.807) is 0 Å².